The van der Waals surface area contributed by atoms with Crippen LogP contribution in [0, 0.1) is 19.7 Å². The Morgan fingerprint density at radius 2 is 1.91 bits per heavy atom. The lowest BCUT2D eigenvalue weighted by atomic mass is 9.85. The molecule has 2 atom stereocenters. The number of cyclic esters (lactones) is 1. The number of benzene rings is 2. The predicted octanol–water partition coefficient (Wildman–Crippen LogP) is 6.94. The number of carbonyl (C=O) groups excluding carboxylic acids is 1. The lowest BCUT2D eigenvalue weighted by Gasteiger charge is -2.43. The number of nitrogens with zero attached hydrogens (tertiary/aromatic N) is 2. The molecule has 2 aromatic carbocycles. The standard InChI is InChI=1S/C26H27FN2O2S/c1-5-14-26(22-10-12-23(27)13-11-22)15-16-29(25(30)31-26)18(3)20-6-8-21(9-7-20)24-17(2)28-19(4)32-24/h5-13,18H,1,14-16H2,2-4H3. The summed E-state index contributed by atoms with van der Waals surface area (Å²) in [4.78, 5) is 20.5. The van der Waals surface area contributed by atoms with Crippen LogP contribution in [-0.4, -0.2) is 22.5 Å². The Labute approximate surface area is 192 Å². The van der Waals surface area contributed by atoms with Gasteiger partial charge in [0, 0.05) is 19.4 Å². The van der Waals surface area contributed by atoms with E-state index in [0.717, 1.165) is 27.4 Å². The van der Waals surface area contributed by atoms with Crippen LogP contribution in [0.3, 0.4) is 0 Å². The van der Waals surface area contributed by atoms with Crippen LogP contribution in [0.2, 0.25) is 0 Å². The highest BCUT2D eigenvalue weighted by molar-refractivity contribution is 7.15. The highest BCUT2D eigenvalue weighted by Crippen LogP contribution is 2.40. The quantitative estimate of drug-likeness (QED) is 0.382. The van der Waals surface area contributed by atoms with Crippen molar-refractivity contribution >= 4 is 17.4 Å². The summed E-state index contributed by atoms with van der Waals surface area (Å²) in [5.41, 5.74) is 3.19. The maximum Gasteiger partial charge on any atom is 0.411 e. The number of ether oxygens (including phenoxy) is 1. The maximum absolute atomic E-state index is 13.4. The normalized spacial score (nSPS) is 19.5. The van der Waals surface area contributed by atoms with Gasteiger partial charge in [-0.25, -0.2) is 14.2 Å². The fraction of sp³-hybridized carbons (Fsp3) is 0.308. The molecule has 1 aliphatic rings. The molecule has 4 nitrogen and oxygen atoms in total. The molecule has 3 aromatic rings. The third-order valence-electron chi connectivity index (χ3n) is 6.14. The topological polar surface area (TPSA) is 42.4 Å². The van der Waals surface area contributed by atoms with Crippen molar-refractivity contribution in [2.24, 2.45) is 0 Å². The van der Waals surface area contributed by atoms with Gasteiger partial charge in [0.2, 0.25) is 0 Å². The van der Waals surface area contributed by atoms with E-state index in [2.05, 4.69) is 35.8 Å². The molecule has 0 saturated carbocycles. The molecule has 0 radical (unpaired) electrons. The number of halogens is 1. The van der Waals surface area contributed by atoms with Gasteiger partial charge in [-0.2, -0.15) is 0 Å². The number of aryl methyl sites for hydroxylation is 2. The molecule has 1 fully saturated rings. The Morgan fingerprint density at radius 3 is 2.47 bits per heavy atom. The molecule has 4 rings (SSSR count). The Kier molecular flexibility index (Phi) is 6.15. The van der Waals surface area contributed by atoms with Crippen LogP contribution in [0.25, 0.3) is 10.4 Å². The molecule has 0 bridgehead atoms. The first-order valence-electron chi connectivity index (χ1n) is 10.7. The van der Waals surface area contributed by atoms with Crippen LogP contribution < -0.4 is 0 Å². The van der Waals surface area contributed by atoms with Crippen molar-refractivity contribution in [1.29, 1.82) is 0 Å². The average molecular weight is 451 g/mol. The largest absolute Gasteiger partial charge is 0.437 e. The van der Waals surface area contributed by atoms with Crippen molar-refractivity contribution in [1.82, 2.24) is 9.88 Å². The van der Waals surface area contributed by atoms with Crippen molar-refractivity contribution < 1.29 is 13.9 Å². The Bertz CT molecular complexity index is 1120. The molecule has 6 heteroatoms. The van der Waals surface area contributed by atoms with Crippen LogP contribution in [0.5, 0.6) is 0 Å². The summed E-state index contributed by atoms with van der Waals surface area (Å²) in [5, 5.41) is 1.05. The van der Waals surface area contributed by atoms with Gasteiger partial charge in [-0.1, -0.05) is 42.5 Å². The van der Waals surface area contributed by atoms with E-state index in [1.54, 1.807) is 34.4 Å². The lowest BCUT2D eigenvalue weighted by molar-refractivity contribution is -0.0588. The van der Waals surface area contributed by atoms with E-state index in [1.807, 2.05) is 20.8 Å². The summed E-state index contributed by atoms with van der Waals surface area (Å²) in [6.45, 7) is 10.4. The fourth-order valence-electron chi connectivity index (χ4n) is 4.36. The summed E-state index contributed by atoms with van der Waals surface area (Å²) in [6, 6.07) is 14.3. The van der Waals surface area contributed by atoms with Gasteiger partial charge >= 0.3 is 6.09 Å². The van der Waals surface area contributed by atoms with E-state index < -0.39 is 5.60 Å². The third-order valence-corrected chi connectivity index (χ3v) is 7.27. The van der Waals surface area contributed by atoms with Crippen molar-refractivity contribution in [2.45, 2.75) is 45.3 Å². The number of rotatable bonds is 6. The summed E-state index contributed by atoms with van der Waals surface area (Å²) in [5.74, 6) is -0.313. The average Bonchev–Trinajstić information content (AvgIpc) is 3.12. The molecule has 1 amide bonds. The Hall–Kier alpha value is -2.99. The Balaban J connectivity index is 1.52. The number of hydrogen-bond donors (Lipinski definition) is 0. The second-order valence-corrected chi connectivity index (χ2v) is 9.45. The molecule has 0 aliphatic carbocycles. The number of carbonyl (C=O) groups is 1. The second kappa shape index (κ2) is 8.87. The zero-order valence-corrected chi connectivity index (χ0v) is 19.4. The Morgan fingerprint density at radius 1 is 1.22 bits per heavy atom. The minimum absolute atomic E-state index is 0.129. The van der Waals surface area contributed by atoms with Crippen LogP contribution in [0.15, 0.2) is 61.2 Å². The summed E-state index contributed by atoms with van der Waals surface area (Å²) < 4.78 is 19.4. The first-order chi connectivity index (χ1) is 15.3. The molecule has 166 valence electrons. The zero-order valence-electron chi connectivity index (χ0n) is 18.6. The summed E-state index contributed by atoms with van der Waals surface area (Å²) >= 11 is 1.69. The molecule has 1 saturated heterocycles. The SMILES string of the molecule is C=CCC1(c2ccc(F)cc2)CCN(C(C)c2ccc(-c3sc(C)nc3C)cc2)C(=O)O1. The van der Waals surface area contributed by atoms with E-state index in [0.29, 0.717) is 19.4 Å². The lowest BCUT2D eigenvalue weighted by Crippen LogP contribution is -2.48. The smallest absolute Gasteiger partial charge is 0.411 e. The van der Waals surface area contributed by atoms with E-state index in [4.69, 9.17) is 4.74 Å². The van der Waals surface area contributed by atoms with E-state index >= 15 is 0 Å². The number of thiazole rings is 1. The van der Waals surface area contributed by atoms with Gasteiger partial charge < -0.3 is 9.64 Å². The molecule has 0 spiro atoms. The third kappa shape index (κ3) is 4.19. The number of hydrogen-bond acceptors (Lipinski definition) is 4. The van der Waals surface area contributed by atoms with Crippen LogP contribution in [0.4, 0.5) is 9.18 Å². The first kappa shape index (κ1) is 22.2. The van der Waals surface area contributed by atoms with Gasteiger partial charge in [0.1, 0.15) is 11.4 Å². The van der Waals surface area contributed by atoms with Crippen molar-refractivity contribution in [3.8, 4) is 10.4 Å². The van der Waals surface area contributed by atoms with Crippen LogP contribution in [0.1, 0.15) is 47.6 Å². The van der Waals surface area contributed by atoms with Crippen molar-refractivity contribution in [3.63, 3.8) is 0 Å². The molecular formula is C26H27FN2O2S. The second-order valence-electron chi connectivity index (χ2n) is 8.25. The number of amides is 1. The van der Waals surface area contributed by atoms with E-state index in [9.17, 15) is 9.18 Å². The number of aromatic nitrogens is 1. The molecule has 1 aromatic heterocycles. The fourth-order valence-corrected chi connectivity index (χ4v) is 5.29. The highest BCUT2D eigenvalue weighted by atomic mass is 32.1. The van der Waals surface area contributed by atoms with E-state index in [1.165, 1.54) is 17.0 Å². The summed E-state index contributed by atoms with van der Waals surface area (Å²) in [6.07, 6.45) is 2.47. The van der Waals surface area contributed by atoms with Gasteiger partial charge in [-0.3, -0.25) is 0 Å². The highest BCUT2D eigenvalue weighted by Gasteiger charge is 2.42. The maximum atomic E-state index is 13.4. The monoisotopic (exact) mass is 450 g/mol. The molecular weight excluding hydrogens is 423 g/mol. The predicted molar refractivity (Wildman–Crippen MR) is 126 cm³/mol. The van der Waals surface area contributed by atoms with Gasteiger partial charge in [-0.05, 0) is 49.6 Å². The minimum atomic E-state index is -0.811. The van der Waals surface area contributed by atoms with E-state index in [-0.39, 0.29) is 18.0 Å². The molecule has 32 heavy (non-hydrogen) atoms. The van der Waals surface area contributed by atoms with Gasteiger partial charge in [-0.15, -0.1) is 17.9 Å². The van der Waals surface area contributed by atoms with Gasteiger partial charge in [0.05, 0.1) is 21.6 Å². The summed E-state index contributed by atoms with van der Waals surface area (Å²) in [7, 11) is 0. The van der Waals surface area contributed by atoms with Crippen molar-refractivity contribution in [2.75, 3.05) is 6.54 Å². The van der Waals surface area contributed by atoms with Gasteiger partial charge in [0.25, 0.3) is 0 Å². The molecule has 2 heterocycles. The molecule has 0 N–H and O–H groups in total. The first-order valence-corrected chi connectivity index (χ1v) is 11.6. The van der Waals surface area contributed by atoms with Crippen molar-refractivity contribution in [3.05, 3.63) is 88.8 Å². The minimum Gasteiger partial charge on any atom is -0.437 e. The molecule has 2 unspecified atom stereocenters. The van der Waals surface area contributed by atoms with Crippen LogP contribution >= 0.6 is 11.3 Å². The molecule has 1 aliphatic heterocycles. The zero-order chi connectivity index (χ0) is 22.9. The van der Waals surface area contributed by atoms with Gasteiger partial charge in [0.15, 0.2) is 0 Å². The van der Waals surface area contributed by atoms with Crippen LogP contribution in [-0.2, 0) is 10.3 Å².